The molecule has 0 fully saturated rings. The van der Waals surface area contributed by atoms with Gasteiger partial charge in [-0.2, -0.15) is 4.31 Å². The van der Waals surface area contributed by atoms with Crippen molar-refractivity contribution in [1.29, 1.82) is 0 Å². The van der Waals surface area contributed by atoms with E-state index < -0.39 is 28.5 Å². The number of rotatable bonds is 9. The van der Waals surface area contributed by atoms with Crippen LogP contribution in [0.25, 0.3) is 11.0 Å². The third kappa shape index (κ3) is 5.26. The highest BCUT2D eigenvalue weighted by molar-refractivity contribution is 7.89. The molecule has 170 valence electrons. The predicted molar refractivity (Wildman–Crippen MR) is 121 cm³/mol. The molecule has 0 unspecified atom stereocenters. The first kappa shape index (κ1) is 23.7. The molecule has 2 aromatic carbocycles. The zero-order chi connectivity index (χ0) is 23.3. The molecule has 1 heterocycles. The number of sulfonamides is 1. The van der Waals surface area contributed by atoms with Gasteiger partial charge in [-0.05, 0) is 30.3 Å². The standard InChI is InChI=1S/C21H23ClN4O5S/c1-3-26(4-2)32(29,30)15-9-10-16(22)18(11-15)24-20(27)13-31-21(28)12-25-14-23-17-7-5-6-8-19(17)25/h5-11,14H,3-4,12-13H2,1-2H3,(H,24,27). The number of fused-ring (bicyclic) bond motifs is 1. The van der Waals surface area contributed by atoms with Gasteiger partial charge in [0.05, 0.1) is 33.0 Å². The fraction of sp³-hybridized carbons (Fsp3) is 0.286. The number of carbonyl (C=O) groups is 2. The van der Waals surface area contributed by atoms with E-state index in [4.69, 9.17) is 16.3 Å². The van der Waals surface area contributed by atoms with Crippen LogP contribution < -0.4 is 5.32 Å². The molecule has 1 amide bonds. The fourth-order valence-corrected chi connectivity index (χ4v) is 4.78. The molecule has 0 atom stereocenters. The molecule has 0 saturated heterocycles. The van der Waals surface area contributed by atoms with E-state index in [1.807, 2.05) is 24.3 Å². The lowest BCUT2D eigenvalue weighted by Crippen LogP contribution is -2.30. The van der Waals surface area contributed by atoms with E-state index in [0.29, 0.717) is 13.1 Å². The number of nitrogens with zero attached hydrogens (tertiary/aromatic N) is 3. The first-order valence-corrected chi connectivity index (χ1v) is 11.7. The maximum atomic E-state index is 12.7. The van der Waals surface area contributed by atoms with E-state index >= 15 is 0 Å². The number of ether oxygens (including phenoxy) is 1. The Morgan fingerprint density at radius 1 is 1.16 bits per heavy atom. The van der Waals surface area contributed by atoms with Crippen LogP contribution in [0.1, 0.15) is 13.8 Å². The molecule has 11 heteroatoms. The van der Waals surface area contributed by atoms with Crippen molar-refractivity contribution in [3.63, 3.8) is 0 Å². The Labute approximate surface area is 191 Å². The number of para-hydroxylation sites is 2. The molecule has 3 aromatic rings. The third-order valence-electron chi connectivity index (χ3n) is 4.75. The maximum Gasteiger partial charge on any atom is 0.326 e. The highest BCUT2D eigenvalue weighted by atomic mass is 35.5. The average Bonchev–Trinajstić information content (AvgIpc) is 3.17. The Hall–Kier alpha value is -2.95. The first-order valence-electron chi connectivity index (χ1n) is 9.91. The molecule has 1 aromatic heterocycles. The number of hydrogen-bond donors (Lipinski definition) is 1. The van der Waals surface area contributed by atoms with Crippen LogP contribution in [0.5, 0.6) is 0 Å². The Kier molecular flexibility index (Phi) is 7.49. The van der Waals surface area contributed by atoms with Gasteiger partial charge in [-0.1, -0.05) is 37.6 Å². The number of carbonyl (C=O) groups excluding carboxylic acids is 2. The Morgan fingerprint density at radius 3 is 2.59 bits per heavy atom. The zero-order valence-electron chi connectivity index (χ0n) is 17.6. The summed E-state index contributed by atoms with van der Waals surface area (Å²) in [4.78, 5) is 28.6. The van der Waals surface area contributed by atoms with Crippen molar-refractivity contribution in [2.45, 2.75) is 25.3 Å². The van der Waals surface area contributed by atoms with E-state index in [1.165, 1.54) is 28.8 Å². The minimum atomic E-state index is -3.72. The Bertz CT molecular complexity index is 1240. The molecule has 0 radical (unpaired) electrons. The molecule has 0 spiro atoms. The van der Waals surface area contributed by atoms with Crippen LogP contribution in [0.15, 0.2) is 53.7 Å². The van der Waals surface area contributed by atoms with E-state index in [2.05, 4.69) is 10.3 Å². The van der Waals surface area contributed by atoms with Gasteiger partial charge >= 0.3 is 5.97 Å². The third-order valence-corrected chi connectivity index (χ3v) is 7.12. The second kappa shape index (κ2) is 10.1. The van der Waals surface area contributed by atoms with Gasteiger partial charge in [0.2, 0.25) is 10.0 Å². The van der Waals surface area contributed by atoms with Gasteiger partial charge in [0.15, 0.2) is 6.61 Å². The van der Waals surface area contributed by atoms with E-state index in [-0.39, 0.29) is 22.2 Å². The van der Waals surface area contributed by atoms with Crippen LogP contribution in [0.3, 0.4) is 0 Å². The number of hydrogen-bond acceptors (Lipinski definition) is 6. The highest BCUT2D eigenvalue weighted by Crippen LogP contribution is 2.27. The van der Waals surface area contributed by atoms with E-state index in [9.17, 15) is 18.0 Å². The average molecular weight is 479 g/mol. The number of nitrogens with one attached hydrogen (secondary N) is 1. The molecule has 0 bridgehead atoms. The number of aromatic nitrogens is 2. The lowest BCUT2D eigenvalue weighted by molar-refractivity contribution is -0.147. The lowest BCUT2D eigenvalue weighted by atomic mass is 10.3. The summed E-state index contributed by atoms with van der Waals surface area (Å²) in [6.07, 6.45) is 1.52. The summed E-state index contributed by atoms with van der Waals surface area (Å²) in [6.45, 7) is 3.44. The summed E-state index contributed by atoms with van der Waals surface area (Å²) in [5.41, 5.74) is 1.63. The molecule has 0 aliphatic rings. The van der Waals surface area contributed by atoms with Crippen LogP contribution in [0, 0.1) is 0 Å². The van der Waals surface area contributed by atoms with Crippen LogP contribution in [0.4, 0.5) is 5.69 Å². The monoisotopic (exact) mass is 478 g/mol. The second-order valence-electron chi connectivity index (χ2n) is 6.80. The quantitative estimate of drug-likeness (QED) is 0.473. The number of imidazole rings is 1. The molecule has 9 nitrogen and oxygen atoms in total. The van der Waals surface area contributed by atoms with Crippen LogP contribution >= 0.6 is 11.6 Å². The summed E-state index contributed by atoms with van der Waals surface area (Å²) < 4.78 is 33.3. The van der Waals surface area contributed by atoms with Crippen molar-refractivity contribution in [2.24, 2.45) is 0 Å². The molecular weight excluding hydrogens is 456 g/mol. The zero-order valence-corrected chi connectivity index (χ0v) is 19.2. The minimum Gasteiger partial charge on any atom is -0.454 e. The Morgan fingerprint density at radius 2 is 1.88 bits per heavy atom. The summed E-state index contributed by atoms with van der Waals surface area (Å²) in [7, 11) is -3.72. The van der Waals surface area contributed by atoms with Gasteiger partial charge in [-0.15, -0.1) is 0 Å². The second-order valence-corrected chi connectivity index (χ2v) is 9.15. The largest absolute Gasteiger partial charge is 0.454 e. The van der Waals surface area contributed by atoms with Gasteiger partial charge in [0.1, 0.15) is 6.54 Å². The van der Waals surface area contributed by atoms with Gasteiger partial charge in [-0.3, -0.25) is 9.59 Å². The first-order chi connectivity index (χ1) is 15.3. The van der Waals surface area contributed by atoms with E-state index in [0.717, 1.165) is 11.0 Å². The van der Waals surface area contributed by atoms with Crippen molar-refractivity contribution in [3.8, 4) is 0 Å². The number of benzene rings is 2. The fourth-order valence-electron chi connectivity index (χ4n) is 3.13. The topological polar surface area (TPSA) is 111 Å². The highest BCUT2D eigenvalue weighted by Gasteiger charge is 2.23. The van der Waals surface area contributed by atoms with Crippen molar-refractivity contribution in [1.82, 2.24) is 13.9 Å². The van der Waals surface area contributed by atoms with Crippen molar-refractivity contribution in [3.05, 3.63) is 53.8 Å². The van der Waals surface area contributed by atoms with Crippen molar-refractivity contribution < 1.29 is 22.7 Å². The summed E-state index contributed by atoms with van der Waals surface area (Å²) in [6, 6.07) is 11.4. The van der Waals surface area contributed by atoms with Crippen LogP contribution in [-0.2, 0) is 30.9 Å². The van der Waals surface area contributed by atoms with Crippen LogP contribution in [-0.4, -0.2) is 53.8 Å². The smallest absolute Gasteiger partial charge is 0.326 e. The molecule has 3 rings (SSSR count). The lowest BCUT2D eigenvalue weighted by Gasteiger charge is -2.19. The number of anilines is 1. The number of esters is 1. The van der Waals surface area contributed by atoms with Gasteiger partial charge < -0.3 is 14.6 Å². The summed E-state index contributed by atoms with van der Waals surface area (Å²) in [5.74, 6) is -1.26. The number of halogens is 1. The molecule has 0 saturated carbocycles. The normalized spacial score (nSPS) is 11.6. The summed E-state index contributed by atoms with van der Waals surface area (Å²) >= 11 is 6.11. The SMILES string of the molecule is CCN(CC)S(=O)(=O)c1ccc(Cl)c(NC(=O)COC(=O)Cn2cnc3ccccc32)c1. The van der Waals surface area contributed by atoms with Gasteiger partial charge in [0, 0.05) is 13.1 Å². The molecule has 0 aliphatic heterocycles. The van der Waals surface area contributed by atoms with Crippen molar-refractivity contribution >= 4 is 50.2 Å². The molecule has 0 aliphatic carbocycles. The minimum absolute atomic E-state index is 0.00452. The molecular formula is C21H23ClN4O5S. The van der Waals surface area contributed by atoms with E-state index in [1.54, 1.807) is 18.4 Å². The maximum absolute atomic E-state index is 12.7. The van der Waals surface area contributed by atoms with Gasteiger partial charge in [-0.25, -0.2) is 13.4 Å². The Balaban J connectivity index is 1.62. The van der Waals surface area contributed by atoms with Gasteiger partial charge in [0.25, 0.3) is 5.91 Å². The molecule has 32 heavy (non-hydrogen) atoms. The van der Waals surface area contributed by atoms with Crippen LogP contribution in [0.2, 0.25) is 5.02 Å². The summed E-state index contributed by atoms with van der Waals surface area (Å²) in [5, 5.41) is 2.65. The predicted octanol–water partition coefficient (Wildman–Crippen LogP) is 2.90. The molecule has 1 N–H and O–H groups in total. The number of amides is 1. The van der Waals surface area contributed by atoms with Crippen molar-refractivity contribution in [2.75, 3.05) is 25.0 Å².